The van der Waals surface area contributed by atoms with Gasteiger partial charge in [-0.2, -0.15) is 0 Å². The number of carbonyl (C=O) groups excluding carboxylic acids is 1. The van der Waals surface area contributed by atoms with Gasteiger partial charge in [0.15, 0.2) is 5.82 Å². The summed E-state index contributed by atoms with van der Waals surface area (Å²) in [6.07, 6.45) is -4.57. The number of nitrogens with one attached hydrogen (secondary N) is 1. The molecule has 3 heterocycles. The molecule has 0 radical (unpaired) electrons. The number of alkyl halides is 3. The Hall–Kier alpha value is -3.94. The molecule has 9 nitrogen and oxygen atoms in total. The first kappa shape index (κ1) is 28.1. The van der Waals surface area contributed by atoms with E-state index >= 15 is 8.78 Å². The second-order valence-corrected chi connectivity index (χ2v) is 9.47. The maximum absolute atomic E-state index is 16.1. The summed E-state index contributed by atoms with van der Waals surface area (Å²) >= 11 is 0. The first-order valence-corrected chi connectivity index (χ1v) is 12.0. The van der Waals surface area contributed by atoms with E-state index in [1.54, 1.807) is 4.90 Å². The standard InChI is InChI=1S/C25H26F5N5O4/c1-14-12-34(10-9-32(14)2)18-11-17(26)20(15-5-7-33(8-6-15)24(38)39)21(27)22(18)31-23(37)16-3-4-19(36)35(13-16)25(28,29)30/h3-5,11,13-14H,6-10,12H2,1-2H3,(H,31,37)(H,38,39)/t14-/m0/s1. The third kappa shape index (κ3) is 5.75. The Kier molecular flexibility index (Phi) is 7.68. The summed E-state index contributed by atoms with van der Waals surface area (Å²) in [7, 11) is 1.89. The molecule has 2 N–H and O–H groups in total. The molecule has 1 atom stereocenters. The van der Waals surface area contributed by atoms with Crippen molar-refractivity contribution < 1.29 is 36.6 Å². The number of pyridine rings is 1. The summed E-state index contributed by atoms with van der Waals surface area (Å²) in [6.45, 7) is 3.07. The molecule has 2 amide bonds. The van der Waals surface area contributed by atoms with Gasteiger partial charge in [0.25, 0.3) is 11.5 Å². The number of carbonyl (C=O) groups is 2. The van der Waals surface area contributed by atoms with Gasteiger partial charge in [0.2, 0.25) is 0 Å². The Bertz CT molecular complexity index is 1390. The number of nitrogens with zero attached hydrogens (tertiary/aromatic N) is 4. The van der Waals surface area contributed by atoms with Crippen molar-refractivity contribution >= 4 is 28.9 Å². The lowest BCUT2D eigenvalue weighted by molar-refractivity contribution is -0.206. The molecule has 1 fully saturated rings. The van der Waals surface area contributed by atoms with Crippen molar-refractivity contribution in [3.63, 3.8) is 0 Å². The van der Waals surface area contributed by atoms with Gasteiger partial charge in [-0.25, -0.2) is 18.1 Å². The highest BCUT2D eigenvalue weighted by Crippen LogP contribution is 2.38. The Morgan fingerprint density at radius 3 is 2.44 bits per heavy atom. The Labute approximate surface area is 219 Å². The molecule has 0 bridgehead atoms. The summed E-state index contributed by atoms with van der Waals surface area (Å²) < 4.78 is 70.6. The first-order chi connectivity index (χ1) is 18.3. The third-order valence-corrected chi connectivity index (χ3v) is 6.98. The fourth-order valence-corrected chi connectivity index (χ4v) is 4.61. The van der Waals surface area contributed by atoms with Gasteiger partial charge in [0.1, 0.15) is 11.5 Å². The van der Waals surface area contributed by atoms with Crippen LogP contribution in [-0.2, 0) is 6.30 Å². The predicted octanol–water partition coefficient (Wildman–Crippen LogP) is 3.76. The summed E-state index contributed by atoms with van der Waals surface area (Å²) in [6, 6.07) is 2.50. The number of rotatable bonds is 4. The molecule has 1 aromatic heterocycles. The van der Waals surface area contributed by atoms with Crippen molar-refractivity contribution in [1.82, 2.24) is 14.4 Å². The van der Waals surface area contributed by atoms with Crippen LogP contribution in [0.25, 0.3) is 5.57 Å². The van der Waals surface area contributed by atoms with Crippen LogP contribution in [-0.4, -0.2) is 77.3 Å². The summed E-state index contributed by atoms with van der Waals surface area (Å²) in [5.74, 6) is -3.20. The van der Waals surface area contributed by atoms with Crippen molar-refractivity contribution in [2.24, 2.45) is 0 Å². The maximum Gasteiger partial charge on any atom is 0.491 e. The van der Waals surface area contributed by atoms with E-state index in [2.05, 4.69) is 5.32 Å². The maximum atomic E-state index is 16.1. The Balaban J connectivity index is 1.78. The van der Waals surface area contributed by atoms with Crippen molar-refractivity contribution in [3.05, 3.63) is 63.6 Å². The Morgan fingerprint density at radius 2 is 1.85 bits per heavy atom. The second kappa shape index (κ2) is 10.7. The monoisotopic (exact) mass is 555 g/mol. The molecule has 39 heavy (non-hydrogen) atoms. The van der Waals surface area contributed by atoms with Gasteiger partial charge in [-0.3, -0.25) is 9.59 Å². The smallest absolute Gasteiger partial charge is 0.465 e. The number of benzene rings is 1. The number of hydrogen-bond acceptors (Lipinski definition) is 5. The van der Waals surface area contributed by atoms with Crippen LogP contribution >= 0.6 is 0 Å². The van der Waals surface area contributed by atoms with Gasteiger partial charge in [0.05, 0.1) is 16.8 Å². The van der Waals surface area contributed by atoms with E-state index in [0.29, 0.717) is 31.9 Å². The molecule has 0 spiro atoms. The molecular weight excluding hydrogens is 529 g/mol. The number of aromatic nitrogens is 1. The fourth-order valence-electron chi connectivity index (χ4n) is 4.61. The van der Waals surface area contributed by atoms with Gasteiger partial charge < -0.3 is 25.1 Å². The molecule has 0 aliphatic carbocycles. The number of carboxylic acid groups (broad SMARTS) is 1. The average Bonchev–Trinajstić information content (AvgIpc) is 2.87. The average molecular weight is 556 g/mol. The molecule has 0 saturated carbocycles. The summed E-state index contributed by atoms with van der Waals surface area (Å²) in [5.41, 5.74) is -2.65. The lowest BCUT2D eigenvalue weighted by atomic mass is 9.96. The minimum Gasteiger partial charge on any atom is -0.465 e. The Morgan fingerprint density at radius 1 is 1.13 bits per heavy atom. The van der Waals surface area contributed by atoms with Gasteiger partial charge in [-0.1, -0.05) is 6.08 Å². The number of anilines is 2. The van der Waals surface area contributed by atoms with Crippen molar-refractivity contribution in [2.75, 3.05) is 50.0 Å². The molecular formula is C25H26F5N5O4. The molecule has 0 unspecified atom stereocenters. The molecule has 1 aromatic carbocycles. The quantitative estimate of drug-likeness (QED) is 0.558. The molecule has 4 rings (SSSR count). The van der Waals surface area contributed by atoms with Crippen molar-refractivity contribution in [1.29, 1.82) is 0 Å². The van der Waals surface area contributed by atoms with Crippen LogP contribution in [0, 0.1) is 11.6 Å². The molecule has 14 heteroatoms. The zero-order chi connectivity index (χ0) is 28.6. The van der Waals surface area contributed by atoms with E-state index in [9.17, 15) is 27.6 Å². The van der Waals surface area contributed by atoms with E-state index in [4.69, 9.17) is 5.11 Å². The fraction of sp³-hybridized carbons (Fsp3) is 0.400. The van der Waals surface area contributed by atoms with Crippen molar-refractivity contribution in [2.45, 2.75) is 25.7 Å². The lowest BCUT2D eigenvalue weighted by Gasteiger charge is -2.40. The van der Waals surface area contributed by atoms with Gasteiger partial charge >= 0.3 is 12.4 Å². The molecule has 210 valence electrons. The lowest BCUT2D eigenvalue weighted by Crippen LogP contribution is -2.50. The highest BCUT2D eigenvalue weighted by atomic mass is 19.4. The highest BCUT2D eigenvalue weighted by Gasteiger charge is 2.33. The third-order valence-electron chi connectivity index (χ3n) is 6.98. The summed E-state index contributed by atoms with van der Waals surface area (Å²) in [5, 5.41) is 11.5. The number of likely N-dealkylation sites (N-methyl/N-ethyl adjacent to an activating group) is 1. The summed E-state index contributed by atoms with van der Waals surface area (Å²) in [4.78, 5) is 40.7. The zero-order valence-electron chi connectivity index (χ0n) is 21.1. The van der Waals surface area contributed by atoms with Crippen LogP contribution in [0.3, 0.4) is 0 Å². The SMILES string of the molecule is C[C@H]1CN(c2cc(F)c(C3=CCN(C(=O)O)CC3)c(F)c2NC(=O)c2ccc(=O)n(C(F)(F)F)c2)CCN1C. The van der Waals surface area contributed by atoms with Crippen LogP contribution in [0.2, 0.25) is 0 Å². The van der Waals surface area contributed by atoms with Crippen LogP contribution in [0.15, 0.2) is 35.3 Å². The number of amides is 2. The predicted molar refractivity (Wildman–Crippen MR) is 133 cm³/mol. The van der Waals surface area contributed by atoms with Gasteiger partial charge in [0, 0.05) is 57.1 Å². The van der Waals surface area contributed by atoms with Crippen LogP contribution in [0.1, 0.15) is 29.3 Å². The van der Waals surface area contributed by atoms with Gasteiger partial charge in [-0.05, 0) is 32.0 Å². The van der Waals surface area contributed by atoms with Crippen LogP contribution < -0.4 is 15.8 Å². The van der Waals surface area contributed by atoms with E-state index < -0.39 is 56.9 Å². The normalized spacial score (nSPS) is 18.6. The topological polar surface area (TPSA) is 98.1 Å². The minimum atomic E-state index is -5.08. The largest absolute Gasteiger partial charge is 0.491 e. The molecule has 2 aromatic rings. The minimum absolute atomic E-state index is 0.00154. The number of piperazine rings is 1. The van der Waals surface area contributed by atoms with Crippen molar-refractivity contribution in [3.8, 4) is 0 Å². The number of halogens is 5. The van der Waals surface area contributed by atoms with E-state index in [0.717, 1.165) is 17.0 Å². The van der Waals surface area contributed by atoms with E-state index in [1.807, 2.05) is 18.9 Å². The van der Waals surface area contributed by atoms with Crippen LogP contribution in [0.5, 0.6) is 0 Å². The number of hydrogen-bond donors (Lipinski definition) is 2. The zero-order valence-corrected chi connectivity index (χ0v) is 21.1. The molecule has 2 aliphatic heterocycles. The molecule has 1 saturated heterocycles. The first-order valence-electron chi connectivity index (χ1n) is 12.0. The van der Waals surface area contributed by atoms with Gasteiger partial charge in [-0.15, -0.1) is 13.2 Å². The van der Waals surface area contributed by atoms with E-state index in [-0.39, 0.29) is 36.8 Å². The highest BCUT2D eigenvalue weighted by molar-refractivity contribution is 6.06. The van der Waals surface area contributed by atoms with E-state index in [1.165, 1.54) is 6.08 Å². The molecule has 2 aliphatic rings. The second-order valence-electron chi connectivity index (χ2n) is 9.47. The van der Waals surface area contributed by atoms with Crippen LogP contribution in [0.4, 0.5) is 38.1 Å².